The van der Waals surface area contributed by atoms with Crippen LogP contribution in [0.4, 0.5) is 11.5 Å². The summed E-state index contributed by atoms with van der Waals surface area (Å²) >= 11 is 0. The zero-order chi connectivity index (χ0) is 27.9. The highest BCUT2D eigenvalue weighted by molar-refractivity contribution is 6.13. The first-order valence-corrected chi connectivity index (χ1v) is 12.4. The van der Waals surface area contributed by atoms with Crippen LogP contribution in [0.15, 0.2) is 59.6 Å². The maximum Gasteiger partial charge on any atom is 0.273 e. The summed E-state index contributed by atoms with van der Waals surface area (Å²) in [5.74, 6) is -0.112. The van der Waals surface area contributed by atoms with E-state index >= 15 is 0 Å². The van der Waals surface area contributed by atoms with E-state index in [1.165, 1.54) is 6.21 Å². The smallest absolute Gasteiger partial charge is 0.273 e. The fraction of sp³-hybridized carbons (Fsp3) is 0.207. The molecule has 0 saturated heterocycles. The van der Waals surface area contributed by atoms with E-state index in [0.717, 1.165) is 11.4 Å². The van der Waals surface area contributed by atoms with Crippen LogP contribution in [0.2, 0.25) is 0 Å². The number of aliphatic imine (C=N–C) groups is 1. The Hall–Kier alpha value is -4.99. The molecule has 4 N–H and O–H groups in total. The van der Waals surface area contributed by atoms with Gasteiger partial charge in [-0.1, -0.05) is 12.1 Å². The van der Waals surface area contributed by atoms with Crippen molar-refractivity contribution in [3.8, 4) is 5.88 Å². The number of aromatic nitrogens is 5. The highest BCUT2D eigenvalue weighted by atomic mass is 16.3. The Morgan fingerprint density at radius 3 is 2.54 bits per heavy atom. The number of ketones is 1. The lowest BCUT2D eigenvalue weighted by atomic mass is 10.0. The van der Waals surface area contributed by atoms with E-state index in [1.54, 1.807) is 59.3 Å². The average molecular weight is 524 g/mol. The second-order valence-electron chi connectivity index (χ2n) is 10.4. The average Bonchev–Trinajstić information content (AvgIpc) is 3.58. The molecule has 5 aromatic rings. The Bertz CT molecular complexity index is 1750. The summed E-state index contributed by atoms with van der Waals surface area (Å²) in [6.07, 6.45) is 1.51. The summed E-state index contributed by atoms with van der Waals surface area (Å²) in [5, 5.41) is 25.3. The van der Waals surface area contributed by atoms with Crippen LogP contribution in [-0.4, -0.2) is 48.0 Å². The van der Waals surface area contributed by atoms with Crippen LogP contribution in [0, 0.1) is 13.8 Å². The zero-order valence-corrected chi connectivity index (χ0v) is 22.3. The van der Waals surface area contributed by atoms with Crippen LogP contribution in [-0.2, 0) is 5.54 Å². The van der Waals surface area contributed by atoms with Gasteiger partial charge in [-0.25, -0.2) is 4.99 Å². The van der Waals surface area contributed by atoms with Crippen molar-refractivity contribution in [2.45, 2.75) is 40.2 Å². The van der Waals surface area contributed by atoms with Crippen molar-refractivity contribution in [2.24, 2.45) is 4.99 Å². The number of amides is 1. The third-order valence-corrected chi connectivity index (χ3v) is 6.18. The van der Waals surface area contributed by atoms with Crippen LogP contribution in [0.3, 0.4) is 0 Å². The van der Waals surface area contributed by atoms with E-state index in [-0.39, 0.29) is 23.1 Å². The molecule has 3 heterocycles. The van der Waals surface area contributed by atoms with E-state index in [4.69, 9.17) is 0 Å². The molecule has 10 heteroatoms. The van der Waals surface area contributed by atoms with Gasteiger partial charge in [-0.3, -0.25) is 19.4 Å². The number of H-pyrrole nitrogens is 2. The molecule has 0 aliphatic carbocycles. The third-order valence-electron chi connectivity index (χ3n) is 6.18. The van der Waals surface area contributed by atoms with Gasteiger partial charge in [-0.15, -0.1) is 0 Å². The topological polar surface area (TPSA) is 141 Å². The number of benzene rings is 2. The molecule has 1 amide bonds. The summed E-state index contributed by atoms with van der Waals surface area (Å²) in [7, 11) is 0. The summed E-state index contributed by atoms with van der Waals surface area (Å²) < 4.78 is 1.70. The Morgan fingerprint density at radius 2 is 1.82 bits per heavy atom. The second-order valence-corrected chi connectivity index (χ2v) is 10.4. The standard InChI is InChI=1S/C29H29N7O3/c1-16-12-25(34-33-16)30-15-22-21-14-19(9-10-23(21)32-27(22)38)26(37)18-7-6-8-20(13-18)31-28(39)24-11-17(2)35-36(24)29(3,4)5/h6-15,32,38H,1-5H3,(H,31,39)(H,33,34). The number of aromatic amines is 2. The number of carbonyl (C=O) groups is 2. The van der Waals surface area contributed by atoms with Crippen molar-refractivity contribution in [3.63, 3.8) is 0 Å². The van der Waals surface area contributed by atoms with Crippen molar-refractivity contribution in [1.29, 1.82) is 0 Å². The molecule has 0 fully saturated rings. The number of carbonyl (C=O) groups excluding carboxylic acids is 2. The van der Waals surface area contributed by atoms with Crippen LogP contribution >= 0.6 is 0 Å². The van der Waals surface area contributed by atoms with Crippen molar-refractivity contribution >= 4 is 40.3 Å². The van der Waals surface area contributed by atoms with Crippen molar-refractivity contribution in [1.82, 2.24) is 25.0 Å². The van der Waals surface area contributed by atoms with Gasteiger partial charge in [0.15, 0.2) is 17.5 Å². The van der Waals surface area contributed by atoms with Gasteiger partial charge in [0.05, 0.1) is 16.8 Å². The quantitative estimate of drug-likeness (QED) is 0.174. The normalized spacial score (nSPS) is 11.9. The van der Waals surface area contributed by atoms with Crippen molar-refractivity contribution in [3.05, 3.63) is 88.4 Å². The number of hydrogen-bond donors (Lipinski definition) is 4. The first kappa shape index (κ1) is 25.7. The summed E-state index contributed by atoms with van der Waals surface area (Å²) in [5.41, 5.74) is 4.13. The first-order valence-electron chi connectivity index (χ1n) is 12.4. The maximum absolute atomic E-state index is 13.4. The Labute approximate surface area is 224 Å². The molecule has 0 aliphatic rings. The molecular formula is C29H29N7O3. The molecule has 0 unspecified atom stereocenters. The summed E-state index contributed by atoms with van der Waals surface area (Å²) in [6.45, 7) is 9.65. The molecule has 0 radical (unpaired) electrons. The SMILES string of the molecule is Cc1cc(C(=O)Nc2cccc(C(=O)c3ccc4[nH]c(O)c(C=Nc5cc(C)[nH]n5)c4c3)c2)n(C(C)(C)C)n1. The lowest BCUT2D eigenvalue weighted by molar-refractivity contribution is 0.100. The van der Waals surface area contributed by atoms with Gasteiger partial charge in [0.1, 0.15) is 5.69 Å². The zero-order valence-electron chi connectivity index (χ0n) is 22.3. The first-order chi connectivity index (χ1) is 18.5. The minimum Gasteiger partial charge on any atom is -0.494 e. The van der Waals surface area contributed by atoms with E-state index in [0.29, 0.717) is 44.8 Å². The molecule has 2 aromatic carbocycles. The summed E-state index contributed by atoms with van der Waals surface area (Å²) in [4.78, 5) is 33.8. The van der Waals surface area contributed by atoms with E-state index in [9.17, 15) is 14.7 Å². The number of fused-ring (bicyclic) bond motifs is 1. The predicted molar refractivity (Wildman–Crippen MR) is 150 cm³/mol. The molecule has 3 aromatic heterocycles. The molecule has 198 valence electrons. The maximum atomic E-state index is 13.4. The highest BCUT2D eigenvalue weighted by Crippen LogP contribution is 2.28. The fourth-order valence-corrected chi connectivity index (χ4v) is 4.34. The number of aryl methyl sites for hydroxylation is 2. The minimum atomic E-state index is -0.370. The molecule has 5 rings (SSSR count). The lowest BCUT2D eigenvalue weighted by Gasteiger charge is -2.22. The molecule has 0 bridgehead atoms. The van der Waals surface area contributed by atoms with E-state index in [2.05, 4.69) is 30.6 Å². The molecule has 0 spiro atoms. The molecule has 0 aliphatic heterocycles. The van der Waals surface area contributed by atoms with E-state index in [1.807, 2.05) is 34.6 Å². The monoisotopic (exact) mass is 523 g/mol. The number of hydrogen-bond acceptors (Lipinski definition) is 6. The van der Waals surface area contributed by atoms with Gasteiger partial charge in [-0.2, -0.15) is 10.2 Å². The Balaban J connectivity index is 1.41. The Morgan fingerprint density at radius 1 is 1.05 bits per heavy atom. The molecule has 39 heavy (non-hydrogen) atoms. The molecule has 10 nitrogen and oxygen atoms in total. The number of rotatable bonds is 6. The van der Waals surface area contributed by atoms with Gasteiger partial charge in [0, 0.05) is 45.7 Å². The van der Waals surface area contributed by atoms with Crippen LogP contribution in [0.5, 0.6) is 5.88 Å². The number of nitrogens with zero attached hydrogens (tertiary/aromatic N) is 4. The highest BCUT2D eigenvalue weighted by Gasteiger charge is 2.23. The van der Waals surface area contributed by atoms with Gasteiger partial charge >= 0.3 is 0 Å². The lowest BCUT2D eigenvalue weighted by Crippen LogP contribution is -2.29. The van der Waals surface area contributed by atoms with Crippen molar-refractivity contribution < 1.29 is 14.7 Å². The van der Waals surface area contributed by atoms with Gasteiger partial charge in [0.25, 0.3) is 5.91 Å². The van der Waals surface area contributed by atoms with Gasteiger partial charge in [-0.05, 0) is 71.0 Å². The second kappa shape index (κ2) is 9.71. The third kappa shape index (κ3) is 5.22. The Kier molecular flexibility index (Phi) is 6.39. The number of nitrogens with one attached hydrogen (secondary N) is 3. The minimum absolute atomic E-state index is 0.0555. The fourth-order valence-electron chi connectivity index (χ4n) is 4.34. The molecule has 0 saturated carbocycles. The van der Waals surface area contributed by atoms with Crippen LogP contribution in [0.1, 0.15) is 64.1 Å². The molecular weight excluding hydrogens is 494 g/mol. The summed E-state index contributed by atoms with van der Waals surface area (Å²) in [6, 6.07) is 15.5. The van der Waals surface area contributed by atoms with Gasteiger partial charge in [0.2, 0.25) is 0 Å². The van der Waals surface area contributed by atoms with Gasteiger partial charge < -0.3 is 15.4 Å². The largest absolute Gasteiger partial charge is 0.494 e. The predicted octanol–water partition coefficient (Wildman–Crippen LogP) is 5.40. The van der Waals surface area contributed by atoms with Crippen LogP contribution in [0.25, 0.3) is 10.9 Å². The number of aromatic hydroxyl groups is 1. The number of anilines is 1. The van der Waals surface area contributed by atoms with Crippen LogP contribution < -0.4 is 5.32 Å². The van der Waals surface area contributed by atoms with Crippen molar-refractivity contribution in [2.75, 3.05) is 5.32 Å². The van der Waals surface area contributed by atoms with E-state index < -0.39 is 0 Å². The molecule has 0 atom stereocenters.